The highest BCUT2D eigenvalue weighted by molar-refractivity contribution is 7.20. The number of amides is 1. The molecule has 0 bridgehead atoms. The summed E-state index contributed by atoms with van der Waals surface area (Å²) in [5, 5.41) is 7.66. The third-order valence-electron chi connectivity index (χ3n) is 4.14. The molecule has 2 aromatic carbocycles. The van der Waals surface area contributed by atoms with Gasteiger partial charge >= 0.3 is 0 Å². The van der Waals surface area contributed by atoms with E-state index in [-0.39, 0.29) is 5.91 Å². The molecule has 4 nitrogen and oxygen atoms in total. The number of nitrogens with one attached hydrogen (secondary N) is 1. The maximum Gasteiger partial charge on any atom is 0.275 e. The molecule has 0 aliphatic carbocycles. The molecule has 6 heteroatoms. The normalized spacial score (nSPS) is 10.7. The second-order valence-corrected chi connectivity index (χ2v) is 7.72. The number of nitrogens with two attached hydrogens (primary N) is 1. The van der Waals surface area contributed by atoms with Crippen molar-refractivity contribution in [3.05, 3.63) is 82.7 Å². The van der Waals surface area contributed by atoms with Crippen LogP contribution in [0.15, 0.2) is 71.4 Å². The second kappa shape index (κ2) is 7.84. The molecule has 0 unspecified atom stereocenters. The number of nitrogens with zero attached hydrogens (tertiary/aromatic N) is 1. The van der Waals surface area contributed by atoms with E-state index in [2.05, 4.69) is 10.3 Å². The number of anilines is 1. The quantitative estimate of drug-likeness (QED) is 0.488. The zero-order valence-corrected chi connectivity index (χ0v) is 16.0. The first kappa shape index (κ1) is 17.6. The molecule has 0 saturated carbocycles. The summed E-state index contributed by atoms with van der Waals surface area (Å²) in [6, 6.07) is 19.8. The van der Waals surface area contributed by atoms with E-state index in [0.717, 1.165) is 32.3 Å². The van der Waals surface area contributed by atoms with Crippen LogP contribution in [0.25, 0.3) is 21.0 Å². The highest BCUT2D eigenvalue weighted by Crippen LogP contribution is 2.30. The zero-order chi connectivity index (χ0) is 18.6. The summed E-state index contributed by atoms with van der Waals surface area (Å²) in [4.78, 5) is 18.2. The van der Waals surface area contributed by atoms with E-state index >= 15 is 0 Å². The van der Waals surface area contributed by atoms with E-state index < -0.39 is 0 Å². The third kappa shape index (κ3) is 3.83. The van der Waals surface area contributed by atoms with Crippen molar-refractivity contribution in [2.45, 2.75) is 6.54 Å². The molecule has 4 aromatic rings. The number of carbonyl (C=O) groups is 1. The van der Waals surface area contributed by atoms with Gasteiger partial charge in [-0.05, 0) is 28.6 Å². The van der Waals surface area contributed by atoms with Crippen LogP contribution in [0.4, 0.5) is 5.69 Å². The monoisotopic (exact) mass is 391 g/mol. The number of hydrogen-bond acceptors (Lipinski definition) is 5. The van der Waals surface area contributed by atoms with Crippen molar-refractivity contribution in [3.63, 3.8) is 0 Å². The van der Waals surface area contributed by atoms with Crippen LogP contribution < -0.4 is 11.1 Å². The Labute approximate surface area is 165 Å². The molecule has 0 aliphatic heterocycles. The van der Waals surface area contributed by atoms with Crippen molar-refractivity contribution in [2.75, 3.05) is 5.32 Å². The van der Waals surface area contributed by atoms with Gasteiger partial charge in [0.1, 0.15) is 10.7 Å². The fourth-order valence-electron chi connectivity index (χ4n) is 2.74. The van der Waals surface area contributed by atoms with E-state index in [1.807, 2.05) is 66.0 Å². The number of hydrogen-bond donors (Lipinski definition) is 2. The van der Waals surface area contributed by atoms with Gasteiger partial charge in [0.05, 0.1) is 4.88 Å². The van der Waals surface area contributed by atoms with E-state index in [9.17, 15) is 4.79 Å². The number of aromatic nitrogens is 1. The van der Waals surface area contributed by atoms with Gasteiger partial charge in [-0.3, -0.25) is 4.79 Å². The van der Waals surface area contributed by atoms with Gasteiger partial charge in [-0.1, -0.05) is 48.5 Å². The second-order valence-electron chi connectivity index (χ2n) is 5.92. The Balaban J connectivity index is 1.58. The number of para-hydroxylation sites is 1. The lowest BCUT2D eigenvalue weighted by atomic mass is 10.0. The molecular weight excluding hydrogens is 374 g/mol. The molecule has 27 heavy (non-hydrogen) atoms. The third-order valence-corrected chi connectivity index (χ3v) is 6.03. The van der Waals surface area contributed by atoms with Gasteiger partial charge in [0.25, 0.3) is 5.91 Å². The standard InChI is InChI=1S/C21H17N3OS2/c22-12-14-7-9-15(10-8-14)16-4-1-2-5-17(16)23-20(25)18-13-27-21(24-18)19-6-3-11-26-19/h1-11,13H,12,22H2,(H,23,25). The number of thiophene rings is 1. The molecule has 0 radical (unpaired) electrons. The molecule has 0 saturated heterocycles. The lowest BCUT2D eigenvalue weighted by Gasteiger charge is -2.11. The Kier molecular flexibility index (Phi) is 5.11. The Morgan fingerprint density at radius 2 is 1.81 bits per heavy atom. The molecule has 0 fully saturated rings. The first-order valence-corrected chi connectivity index (χ1v) is 10.2. The van der Waals surface area contributed by atoms with E-state index in [1.54, 1.807) is 16.7 Å². The van der Waals surface area contributed by atoms with Crippen molar-refractivity contribution in [1.82, 2.24) is 4.98 Å². The van der Waals surface area contributed by atoms with Gasteiger partial charge < -0.3 is 11.1 Å². The van der Waals surface area contributed by atoms with Gasteiger partial charge in [-0.25, -0.2) is 4.98 Å². The first-order valence-electron chi connectivity index (χ1n) is 8.44. The number of benzene rings is 2. The molecule has 1 amide bonds. The smallest absolute Gasteiger partial charge is 0.275 e. The summed E-state index contributed by atoms with van der Waals surface area (Å²) >= 11 is 3.09. The molecule has 3 N–H and O–H groups in total. The van der Waals surface area contributed by atoms with Crippen LogP contribution in [0.3, 0.4) is 0 Å². The maximum atomic E-state index is 12.7. The number of carbonyl (C=O) groups excluding carboxylic acids is 1. The predicted octanol–water partition coefficient (Wildman–Crippen LogP) is 5.25. The van der Waals surface area contributed by atoms with Gasteiger partial charge in [-0.2, -0.15) is 0 Å². The zero-order valence-electron chi connectivity index (χ0n) is 14.4. The summed E-state index contributed by atoms with van der Waals surface area (Å²) in [6.07, 6.45) is 0. The van der Waals surface area contributed by atoms with Crippen molar-refractivity contribution in [2.24, 2.45) is 5.73 Å². The Morgan fingerprint density at radius 1 is 1.00 bits per heavy atom. The molecule has 0 spiro atoms. The summed E-state index contributed by atoms with van der Waals surface area (Å²) < 4.78 is 0. The molecule has 0 aliphatic rings. The van der Waals surface area contributed by atoms with Crippen molar-refractivity contribution < 1.29 is 4.79 Å². The maximum absolute atomic E-state index is 12.7. The Bertz CT molecular complexity index is 1050. The van der Waals surface area contributed by atoms with Crippen molar-refractivity contribution in [3.8, 4) is 21.0 Å². The average molecular weight is 392 g/mol. The fraction of sp³-hybridized carbons (Fsp3) is 0.0476. The predicted molar refractivity (Wildman–Crippen MR) is 113 cm³/mol. The highest BCUT2D eigenvalue weighted by atomic mass is 32.1. The number of rotatable bonds is 5. The molecule has 134 valence electrons. The van der Waals surface area contributed by atoms with Crippen LogP contribution in [0.1, 0.15) is 16.1 Å². The first-order chi connectivity index (χ1) is 13.2. The summed E-state index contributed by atoms with van der Waals surface area (Å²) in [7, 11) is 0. The van der Waals surface area contributed by atoms with Crippen LogP contribution in [0.2, 0.25) is 0 Å². The minimum absolute atomic E-state index is 0.208. The molecule has 4 rings (SSSR count). The van der Waals surface area contributed by atoms with Gasteiger partial charge in [0.15, 0.2) is 0 Å². The lowest BCUT2D eigenvalue weighted by Crippen LogP contribution is -2.13. The van der Waals surface area contributed by atoms with Crippen molar-refractivity contribution in [1.29, 1.82) is 0 Å². The van der Waals surface area contributed by atoms with E-state index in [4.69, 9.17) is 5.73 Å². The largest absolute Gasteiger partial charge is 0.326 e. The van der Waals surface area contributed by atoms with Gasteiger partial charge in [0, 0.05) is 23.2 Å². The van der Waals surface area contributed by atoms with Crippen LogP contribution in [-0.2, 0) is 6.54 Å². The Hall–Kier alpha value is -2.80. The Morgan fingerprint density at radius 3 is 2.56 bits per heavy atom. The summed E-state index contributed by atoms with van der Waals surface area (Å²) in [6.45, 7) is 0.509. The van der Waals surface area contributed by atoms with Crippen LogP contribution >= 0.6 is 22.7 Å². The van der Waals surface area contributed by atoms with Crippen LogP contribution in [0.5, 0.6) is 0 Å². The molecule has 2 heterocycles. The number of thiazole rings is 1. The van der Waals surface area contributed by atoms with Crippen LogP contribution in [-0.4, -0.2) is 10.9 Å². The average Bonchev–Trinajstić information content (AvgIpc) is 3.40. The van der Waals surface area contributed by atoms with E-state index in [0.29, 0.717) is 12.2 Å². The summed E-state index contributed by atoms with van der Waals surface area (Å²) in [5.41, 5.74) is 9.92. The topological polar surface area (TPSA) is 68.0 Å². The minimum Gasteiger partial charge on any atom is -0.326 e. The minimum atomic E-state index is -0.208. The lowest BCUT2D eigenvalue weighted by molar-refractivity contribution is 0.102. The van der Waals surface area contributed by atoms with Gasteiger partial charge in [0.2, 0.25) is 0 Å². The molecular formula is C21H17N3OS2. The highest BCUT2D eigenvalue weighted by Gasteiger charge is 2.14. The fourth-order valence-corrected chi connectivity index (χ4v) is 4.36. The van der Waals surface area contributed by atoms with Gasteiger partial charge in [-0.15, -0.1) is 22.7 Å². The summed E-state index contributed by atoms with van der Waals surface area (Å²) in [5.74, 6) is -0.208. The van der Waals surface area contributed by atoms with E-state index in [1.165, 1.54) is 11.3 Å². The molecule has 0 atom stereocenters. The van der Waals surface area contributed by atoms with Crippen molar-refractivity contribution >= 4 is 34.3 Å². The van der Waals surface area contributed by atoms with Crippen LogP contribution in [0, 0.1) is 0 Å². The SMILES string of the molecule is NCc1ccc(-c2ccccc2NC(=O)c2csc(-c3cccs3)n2)cc1. The molecule has 2 aromatic heterocycles.